The third-order valence-corrected chi connectivity index (χ3v) is 11.2. The molecule has 6 rings (SSSR count). The first-order valence-electron chi connectivity index (χ1n) is 21.0. The van der Waals surface area contributed by atoms with Crippen molar-refractivity contribution in [1.29, 1.82) is 0 Å². The van der Waals surface area contributed by atoms with Gasteiger partial charge in [0.1, 0.15) is 54.4 Å². The quantitative estimate of drug-likeness (QED) is 0.104. The highest BCUT2D eigenvalue weighted by Crippen LogP contribution is 2.45. The predicted molar refractivity (Wildman–Crippen MR) is 221 cm³/mol. The number of carbonyl (C=O) groups is 4. The van der Waals surface area contributed by atoms with Crippen molar-refractivity contribution in [3.05, 3.63) is 88.5 Å². The summed E-state index contributed by atoms with van der Waals surface area (Å²) < 4.78 is 35.6. The minimum Gasteiger partial charge on any atom is -0.460 e. The van der Waals surface area contributed by atoms with Crippen molar-refractivity contribution in [3.63, 3.8) is 0 Å². The molecular formula is C45H58N2O16. The lowest BCUT2D eigenvalue weighted by molar-refractivity contribution is -0.298. The Balaban J connectivity index is 1.16. The second-order valence-electron chi connectivity index (χ2n) is 17.3. The van der Waals surface area contributed by atoms with E-state index in [0.29, 0.717) is 18.4 Å². The van der Waals surface area contributed by atoms with E-state index >= 15 is 0 Å². The van der Waals surface area contributed by atoms with Gasteiger partial charge in [-0.2, -0.15) is 0 Å². The van der Waals surface area contributed by atoms with Crippen LogP contribution in [0.25, 0.3) is 6.08 Å². The third-order valence-electron chi connectivity index (χ3n) is 11.2. The van der Waals surface area contributed by atoms with E-state index in [9.17, 15) is 49.8 Å². The Labute approximate surface area is 364 Å². The van der Waals surface area contributed by atoms with Crippen molar-refractivity contribution in [1.82, 2.24) is 10.6 Å². The number of hydrogen-bond donors (Lipinski definition) is 8. The maximum atomic E-state index is 14.0. The van der Waals surface area contributed by atoms with Gasteiger partial charge in [0.15, 0.2) is 12.1 Å². The molecule has 344 valence electrons. The van der Waals surface area contributed by atoms with Gasteiger partial charge in [0.05, 0.1) is 37.5 Å². The number of rotatable bonds is 16. The second kappa shape index (κ2) is 20.5. The molecule has 0 bridgehead atoms. The number of fused-ring (bicyclic) bond motifs is 2. The van der Waals surface area contributed by atoms with Crippen LogP contribution in [0.15, 0.2) is 66.3 Å². The van der Waals surface area contributed by atoms with Crippen LogP contribution in [-0.4, -0.2) is 153 Å². The largest absolute Gasteiger partial charge is 0.460 e. The normalized spacial score (nSPS) is 27.7. The van der Waals surface area contributed by atoms with Gasteiger partial charge in [-0.05, 0) is 62.9 Å². The van der Waals surface area contributed by atoms with Crippen LogP contribution < -0.4 is 10.6 Å². The van der Waals surface area contributed by atoms with Gasteiger partial charge in [-0.25, -0.2) is 4.79 Å². The Hall–Kier alpha value is -4.60. The van der Waals surface area contributed by atoms with E-state index in [0.717, 1.165) is 11.1 Å². The number of nitrogens with one attached hydrogen (secondary N) is 2. The average Bonchev–Trinajstić information content (AvgIpc) is 3.79. The van der Waals surface area contributed by atoms with E-state index in [4.69, 9.17) is 28.4 Å². The summed E-state index contributed by atoms with van der Waals surface area (Å²) in [5.74, 6) is -3.92. The summed E-state index contributed by atoms with van der Waals surface area (Å²) in [6.07, 6.45) is -6.09. The fourth-order valence-electron chi connectivity index (χ4n) is 8.05. The van der Waals surface area contributed by atoms with Crippen molar-refractivity contribution in [2.45, 2.75) is 138 Å². The molecular weight excluding hydrogens is 824 g/mol. The van der Waals surface area contributed by atoms with Gasteiger partial charge in [0, 0.05) is 31.3 Å². The number of benzene rings is 2. The van der Waals surface area contributed by atoms with Crippen LogP contribution in [0.2, 0.25) is 0 Å². The summed E-state index contributed by atoms with van der Waals surface area (Å²) in [6, 6.07) is 12.0. The summed E-state index contributed by atoms with van der Waals surface area (Å²) in [7, 11) is 0. The molecule has 2 amide bonds. The molecule has 0 saturated carbocycles. The van der Waals surface area contributed by atoms with Crippen LogP contribution in [0.3, 0.4) is 0 Å². The summed E-state index contributed by atoms with van der Waals surface area (Å²) in [6.45, 7) is 5.18. The SMILES string of the molecule is CC(O)C(NC(=O)C1=CC2OC3(Cc4ccccc4C3)OC2C(OC(=O)c2ccccc2C=CCOC2OC(CO)C(O)C(O)C2O)C1)C(=O)NC(CO)CCC(=O)OC(C)(C)C. The van der Waals surface area contributed by atoms with E-state index in [1.807, 2.05) is 24.3 Å². The van der Waals surface area contributed by atoms with Crippen LogP contribution >= 0.6 is 0 Å². The van der Waals surface area contributed by atoms with Crippen molar-refractivity contribution in [3.8, 4) is 0 Å². The lowest BCUT2D eigenvalue weighted by Gasteiger charge is -2.39. The summed E-state index contributed by atoms with van der Waals surface area (Å²) in [5, 5.41) is 65.7. The highest BCUT2D eigenvalue weighted by atomic mass is 16.8. The van der Waals surface area contributed by atoms with Gasteiger partial charge in [-0.15, -0.1) is 0 Å². The van der Waals surface area contributed by atoms with Gasteiger partial charge in [-0.1, -0.05) is 54.6 Å². The molecule has 2 aromatic rings. The molecule has 1 spiro atoms. The molecule has 11 unspecified atom stereocenters. The van der Waals surface area contributed by atoms with E-state index in [2.05, 4.69) is 10.6 Å². The number of amides is 2. The molecule has 2 aromatic carbocycles. The molecule has 8 N–H and O–H groups in total. The molecule has 18 nitrogen and oxygen atoms in total. The molecule has 4 aliphatic rings. The maximum Gasteiger partial charge on any atom is 0.339 e. The van der Waals surface area contributed by atoms with E-state index < -0.39 is 116 Å². The smallest absolute Gasteiger partial charge is 0.339 e. The fraction of sp³-hybridized carbons (Fsp3) is 0.556. The van der Waals surface area contributed by atoms with E-state index in [-0.39, 0.29) is 37.0 Å². The zero-order valence-corrected chi connectivity index (χ0v) is 35.6. The highest BCUT2D eigenvalue weighted by Gasteiger charge is 2.55. The van der Waals surface area contributed by atoms with Crippen molar-refractivity contribution in [2.24, 2.45) is 0 Å². The second-order valence-corrected chi connectivity index (χ2v) is 17.3. The molecule has 2 saturated heterocycles. The zero-order valence-electron chi connectivity index (χ0n) is 35.6. The van der Waals surface area contributed by atoms with E-state index in [1.165, 1.54) is 13.0 Å². The minimum absolute atomic E-state index is 0.0384. The van der Waals surface area contributed by atoms with Crippen molar-refractivity contribution >= 4 is 29.8 Å². The predicted octanol–water partition coefficient (Wildman–Crippen LogP) is 0.116. The molecule has 11 atom stereocenters. The molecule has 18 heteroatoms. The van der Waals surface area contributed by atoms with Crippen LogP contribution in [-0.2, 0) is 55.6 Å². The van der Waals surface area contributed by atoms with Crippen molar-refractivity contribution in [2.75, 3.05) is 19.8 Å². The standard InChI is InChI=1S/C45H58N2O16/c1-24(50)35(41(56)46-29(22-48)15-16-34(51)62-44(2,3)4)47-40(55)28-18-31(39-32(19-28)61-45(63-39)20-26-11-5-6-12-27(26)21-45)59-42(57)30-14-8-7-10-25(30)13-9-17-58-43-38(54)37(53)36(52)33(23-49)60-43/h5-14,19,24,29,31-33,35-39,43,48-50,52-54H,15-18,20-23H2,1-4H3,(H,46,56)(H,47,55). The van der Waals surface area contributed by atoms with E-state index in [1.54, 1.807) is 57.2 Å². The number of carbonyl (C=O) groups excluding carboxylic acids is 4. The number of hydrogen-bond acceptors (Lipinski definition) is 16. The minimum atomic E-state index is -1.61. The maximum absolute atomic E-state index is 14.0. The monoisotopic (exact) mass is 882 g/mol. The molecule has 2 aliphatic carbocycles. The summed E-state index contributed by atoms with van der Waals surface area (Å²) in [5.41, 5.74) is 2.01. The number of esters is 2. The first kappa shape index (κ1) is 47.9. The van der Waals surface area contributed by atoms with Crippen molar-refractivity contribution < 1.29 is 78.2 Å². The first-order valence-corrected chi connectivity index (χ1v) is 21.0. The highest BCUT2D eigenvalue weighted by molar-refractivity contribution is 5.98. The molecule has 2 fully saturated rings. The third kappa shape index (κ3) is 11.8. The molecule has 2 aliphatic heterocycles. The van der Waals surface area contributed by atoms with Gasteiger partial charge in [0.2, 0.25) is 11.8 Å². The Morgan fingerprint density at radius 3 is 2.27 bits per heavy atom. The Morgan fingerprint density at radius 2 is 1.62 bits per heavy atom. The molecule has 0 radical (unpaired) electrons. The van der Waals surface area contributed by atoms with Gasteiger partial charge < -0.3 is 69.7 Å². The summed E-state index contributed by atoms with van der Waals surface area (Å²) in [4.78, 5) is 53.8. The Kier molecular flexibility index (Phi) is 15.6. The Bertz CT molecular complexity index is 1990. The number of aliphatic hydroxyl groups excluding tert-OH is 6. The van der Waals surface area contributed by atoms with Gasteiger partial charge in [-0.3, -0.25) is 14.4 Å². The lowest BCUT2D eigenvalue weighted by Crippen LogP contribution is -2.59. The first-order chi connectivity index (χ1) is 29.9. The number of aliphatic hydroxyl groups is 6. The van der Waals surface area contributed by atoms with Crippen LogP contribution in [0.5, 0.6) is 0 Å². The fourth-order valence-corrected chi connectivity index (χ4v) is 8.05. The lowest BCUT2D eigenvalue weighted by atomic mass is 9.91. The molecule has 0 aromatic heterocycles. The molecule has 2 heterocycles. The van der Waals surface area contributed by atoms with Gasteiger partial charge >= 0.3 is 11.9 Å². The van der Waals surface area contributed by atoms with Crippen LogP contribution in [0.1, 0.15) is 74.0 Å². The molecule has 63 heavy (non-hydrogen) atoms. The van der Waals surface area contributed by atoms with Gasteiger partial charge in [0.25, 0.3) is 0 Å². The van der Waals surface area contributed by atoms with Crippen LogP contribution in [0.4, 0.5) is 0 Å². The van der Waals surface area contributed by atoms with Crippen LogP contribution in [0, 0.1) is 0 Å². The number of ether oxygens (including phenoxy) is 6. The Morgan fingerprint density at radius 1 is 0.937 bits per heavy atom. The zero-order chi connectivity index (χ0) is 45.6. The topological polar surface area (TPSA) is 269 Å². The summed E-state index contributed by atoms with van der Waals surface area (Å²) >= 11 is 0. The average molecular weight is 883 g/mol.